The molecular formula is C17H11ClO3S. The number of thioether (sulfide) groups is 1. The van der Waals surface area contributed by atoms with Gasteiger partial charge in [0.2, 0.25) is 11.6 Å². The molecule has 0 unspecified atom stereocenters. The third-order valence-electron chi connectivity index (χ3n) is 3.40. The van der Waals surface area contributed by atoms with Gasteiger partial charge in [0.25, 0.3) is 0 Å². The van der Waals surface area contributed by atoms with E-state index in [2.05, 4.69) is 0 Å². The summed E-state index contributed by atoms with van der Waals surface area (Å²) in [6.45, 7) is 0. The van der Waals surface area contributed by atoms with Gasteiger partial charge in [-0.3, -0.25) is 9.59 Å². The molecule has 0 aliphatic heterocycles. The fraction of sp³-hybridized carbons (Fsp3) is 0.0588. The summed E-state index contributed by atoms with van der Waals surface area (Å²) in [7, 11) is 0. The Morgan fingerprint density at radius 1 is 0.909 bits per heavy atom. The Kier molecular flexibility index (Phi) is 4.05. The molecule has 1 N–H and O–H groups in total. The number of rotatable bonds is 3. The Bertz CT molecular complexity index is 811. The Balaban J connectivity index is 1.95. The lowest BCUT2D eigenvalue weighted by Crippen LogP contribution is -2.25. The average molecular weight is 331 g/mol. The van der Waals surface area contributed by atoms with Crippen LogP contribution in [0, 0.1) is 0 Å². The molecular weight excluding hydrogens is 320 g/mol. The largest absolute Gasteiger partial charge is 0.507 e. The van der Waals surface area contributed by atoms with E-state index in [1.165, 1.54) is 11.8 Å². The summed E-state index contributed by atoms with van der Waals surface area (Å²) in [6.07, 6.45) is 0. The van der Waals surface area contributed by atoms with Crippen LogP contribution in [0.3, 0.4) is 0 Å². The van der Waals surface area contributed by atoms with Crippen LogP contribution >= 0.6 is 23.4 Å². The molecule has 0 saturated carbocycles. The van der Waals surface area contributed by atoms with Crippen molar-refractivity contribution < 1.29 is 14.7 Å². The zero-order valence-corrected chi connectivity index (χ0v) is 12.9. The van der Waals surface area contributed by atoms with Gasteiger partial charge in [-0.25, -0.2) is 0 Å². The first-order chi connectivity index (χ1) is 10.6. The highest BCUT2D eigenvalue weighted by Crippen LogP contribution is 2.33. The number of carbonyl (C=O) groups is 2. The molecule has 110 valence electrons. The normalized spacial score (nSPS) is 14.2. The van der Waals surface area contributed by atoms with E-state index >= 15 is 0 Å². The van der Waals surface area contributed by atoms with Crippen LogP contribution in [0.4, 0.5) is 0 Å². The second kappa shape index (κ2) is 5.99. The van der Waals surface area contributed by atoms with E-state index in [0.29, 0.717) is 10.6 Å². The zero-order chi connectivity index (χ0) is 15.7. The van der Waals surface area contributed by atoms with E-state index in [0.717, 1.165) is 4.90 Å². The van der Waals surface area contributed by atoms with Gasteiger partial charge in [-0.2, -0.15) is 0 Å². The molecule has 3 rings (SSSR count). The highest BCUT2D eigenvalue weighted by Gasteiger charge is 2.32. The predicted molar refractivity (Wildman–Crippen MR) is 87.5 cm³/mol. The highest BCUT2D eigenvalue weighted by molar-refractivity contribution is 7.99. The molecule has 0 saturated heterocycles. The fourth-order valence-electron chi connectivity index (χ4n) is 2.26. The highest BCUT2D eigenvalue weighted by atomic mass is 35.5. The molecule has 0 atom stereocenters. The van der Waals surface area contributed by atoms with Crippen molar-refractivity contribution in [2.45, 2.75) is 4.90 Å². The summed E-state index contributed by atoms with van der Waals surface area (Å²) < 4.78 is 0. The molecule has 1 aliphatic carbocycles. The summed E-state index contributed by atoms with van der Waals surface area (Å²) in [5.74, 6) is -1.17. The third kappa shape index (κ3) is 2.56. The zero-order valence-electron chi connectivity index (χ0n) is 11.4. The number of fused-ring (bicyclic) bond motifs is 1. The summed E-state index contributed by atoms with van der Waals surface area (Å²) >= 11 is 7.39. The number of halogens is 1. The first kappa shape index (κ1) is 14.9. The van der Waals surface area contributed by atoms with Crippen LogP contribution in [0.25, 0.3) is 5.76 Å². The van der Waals surface area contributed by atoms with Crippen LogP contribution in [0.15, 0.2) is 59.0 Å². The average Bonchev–Trinajstić information content (AvgIpc) is 2.54. The molecule has 0 spiro atoms. The topological polar surface area (TPSA) is 54.4 Å². The van der Waals surface area contributed by atoms with Gasteiger partial charge < -0.3 is 5.11 Å². The van der Waals surface area contributed by atoms with Crippen LogP contribution in [0.1, 0.15) is 15.9 Å². The Labute approximate surface area is 136 Å². The number of Topliss-reactive ketones (excluding diaryl/α,β-unsaturated/α-hetero) is 2. The minimum atomic E-state index is -0.657. The van der Waals surface area contributed by atoms with Gasteiger partial charge >= 0.3 is 0 Å². The molecule has 22 heavy (non-hydrogen) atoms. The van der Waals surface area contributed by atoms with Crippen molar-refractivity contribution in [1.29, 1.82) is 0 Å². The van der Waals surface area contributed by atoms with Gasteiger partial charge in [0.1, 0.15) is 5.76 Å². The monoisotopic (exact) mass is 330 g/mol. The van der Waals surface area contributed by atoms with Crippen molar-refractivity contribution >= 4 is 40.7 Å². The molecule has 0 amide bonds. The van der Waals surface area contributed by atoms with Crippen molar-refractivity contribution in [3.05, 3.63) is 70.3 Å². The summed E-state index contributed by atoms with van der Waals surface area (Å²) in [5.41, 5.74) is 0.770. The smallest absolute Gasteiger partial charge is 0.234 e. The maximum absolute atomic E-state index is 12.2. The number of ketones is 2. The van der Waals surface area contributed by atoms with Crippen molar-refractivity contribution in [2.75, 3.05) is 5.75 Å². The summed E-state index contributed by atoms with van der Waals surface area (Å²) in [6, 6.07) is 13.8. The lowest BCUT2D eigenvalue weighted by atomic mass is 9.89. The van der Waals surface area contributed by atoms with Crippen LogP contribution < -0.4 is 0 Å². The van der Waals surface area contributed by atoms with Crippen LogP contribution in [0.5, 0.6) is 0 Å². The molecule has 3 nitrogen and oxygen atoms in total. The summed E-state index contributed by atoms with van der Waals surface area (Å²) in [5, 5.41) is 10.9. The van der Waals surface area contributed by atoms with E-state index < -0.39 is 11.6 Å². The van der Waals surface area contributed by atoms with Crippen LogP contribution in [-0.2, 0) is 4.79 Å². The Morgan fingerprint density at radius 3 is 2.27 bits per heavy atom. The number of hydrogen-bond donors (Lipinski definition) is 1. The molecule has 2 aromatic rings. The SMILES string of the molecule is O=C1C(=O)c2ccccc2C(O)=C1CSc1ccccc1Cl. The standard InChI is InChI=1S/C17H11ClO3S/c18-13-7-3-4-8-14(13)22-9-12-15(19)10-5-1-2-6-11(10)16(20)17(12)21/h1-8,19H,9H2. The molecule has 2 aromatic carbocycles. The minimum Gasteiger partial charge on any atom is -0.507 e. The predicted octanol–water partition coefficient (Wildman–Crippen LogP) is 4.17. The van der Waals surface area contributed by atoms with Gasteiger partial charge in [0, 0.05) is 21.8 Å². The number of hydrogen-bond acceptors (Lipinski definition) is 4. The van der Waals surface area contributed by atoms with Gasteiger partial charge in [-0.05, 0) is 12.1 Å². The van der Waals surface area contributed by atoms with E-state index in [4.69, 9.17) is 11.6 Å². The first-order valence-electron chi connectivity index (χ1n) is 6.57. The molecule has 0 radical (unpaired) electrons. The second-order valence-electron chi connectivity index (χ2n) is 4.75. The number of benzene rings is 2. The van der Waals surface area contributed by atoms with Crippen molar-refractivity contribution in [1.82, 2.24) is 0 Å². The molecule has 5 heteroatoms. The van der Waals surface area contributed by atoms with E-state index in [1.54, 1.807) is 30.3 Å². The number of aliphatic hydroxyl groups is 1. The van der Waals surface area contributed by atoms with Gasteiger partial charge in [0.15, 0.2) is 0 Å². The second-order valence-corrected chi connectivity index (χ2v) is 6.17. The molecule has 0 bridgehead atoms. The quantitative estimate of drug-likeness (QED) is 0.678. The minimum absolute atomic E-state index is 0.119. The van der Waals surface area contributed by atoms with Crippen molar-refractivity contribution in [3.63, 3.8) is 0 Å². The lowest BCUT2D eigenvalue weighted by Gasteiger charge is -2.17. The van der Waals surface area contributed by atoms with E-state index in [-0.39, 0.29) is 22.6 Å². The van der Waals surface area contributed by atoms with Crippen molar-refractivity contribution in [3.8, 4) is 0 Å². The van der Waals surface area contributed by atoms with Gasteiger partial charge in [0.05, 0.1) is 10.6 Å². The van der Waals surface area contributed by atoms with E-state index in [1.807, 2.05) is 18.2 Å². The number of aliphatic hydroxyl groups excluding tert-OH is 1. The van der Waals surface area contributed by atoms with E-state index in [9.17, 15) is 14.7 Å². The molecule has 0 aromatic heterocycles. The maximum Gasteiger partial charge on any atom is 0.234 e. The fourth-order valence-corrected chi connectivity index (χ4v) is 3.51. The molecule has 0 heterocycles. The van der Waals surface area contributed by atoms with Gasteiger partial charge in [-0.15, -0.1) is 11.8 Å². The van der Waals surface area contributed by atoms with Crippen molar-refractivity contribution in [2.24, 2.45) is 0 Å². The number of carbonyl (C=O) groups excluding carboxylic acids is 2. The van der Waals surface area contributed by atoms with Crippen LogP contribution in [0.2, 0.25) is 5.02 Å². The van der Waals surface area contributed by atoms with Crippen LogP contribution in [-0.4, -0.2) is 22.4 Å². The Hall–Kier alpha value is -2.04. The van der Waals surface area contributed by atoms with Gasteiger partial charge in [-0.1, -0.05) is 48.0 Å². The first-order valence-corrected chi connectivity index (χ1v) is 7.94. The third-order valence-corrected chi connectivity index (χ3v) is 4.94. The summed E-state index contributed by atoms with van der Waals surface area (Å²) in [4.78, 5) is 25.1. The Morgan fingerprint density at radius 2 is 1.55 bits per heavy atom. The lowest BCUT2D eigenvalue weighted by molar-refractivity contribution is -0.111. The molecule has 1 aliphatic rings. The maximum atomic E-state index is 12.2. The molecule has 0 fully saturated rings.